The highest BCUT2D eigenvalue weighted by Gasteiger charge is 2.34. The van der Waals surface area contributed by atoms with Crippen LogP contribution in [0.15, 0.2) is 9.98 Å². The number of nitrogens with zero attached hydrogens (tertiary/aromatic N) is 2. The van der Waals surface area contributed by atoms with Gasteiger partial charge in [-0.3, -0.25) is 48.3 Å². The quantitative estimate of drug-likeness (QED) is 0.0189. The summed E-state index contributed by atoms with van der Waals surface area (Å²) in [6.45, 7) is 2.19. The number of aliphatic hydroxyl groups excluding tert-OH is 2. The molecule has 27 heteroatoms. The number of nitrogens with one attached hydrogen (secondary N) is 7. The minimum Gasteiger partial charge on any atom is -0.480 e. The van der Waals surface area contributed by atoms with Crippen LogP contribution in [0.1, 0.15) is 59.3 Å². The highest BCUT2D eigenvalue weighted by Crippen LogP contribution is 2.09. The van der Waals surface area contributed by atoms with Crippen LogP contribution in [-0.2, 0) is 43.2 Å². The number of aliphatic hydroxyl groups is 2. The van der Waals surface area contributed by atoms with Crippen LogP contribution < -0.4 is 71.6 Å². The molecule has 0 saturated heterocycles. The fourth-order valence-corrected chi connectivity index (χ4v) is 5.07. The van der Waals surface area contributed by atoms with Crippen molar-refractivity contribution < 1.29 is 58.5 Å². The molecular formula is C33H61N15O12. The van der Waals surface area contributed by atoms with Crippen LogP contribution in [0.3, 0.4) is 0 Å². The van der Waals surface area contributed by atoms with Gasteiger partial charge in [-0.25, -0.2) is 4.79 Å². The second-order valence-electron chi connectivity index (χ2n) is 13.5. The van der Waals surface area contributed by atoms with Gasteiger partial charge in [-0.1, -0.05) is 20.3 Å². The highest BCUT2D eigenvalue weighted by atomic mass is 16.4. The van der Waals surface area contributed by atoms with E-state index in [9.17, 15) is 58.5 Å². The molecule has 0 aromatic rings. The van der Waals surface area contributed by atoms with E-state index in [1.54, 1.807) is 13.8 Å². The summed E-state index contributed by atoms with van der Waals surface area (Å²) in [5.74, 6) is -10.4. The molecule has 0 rings (SSSR count). The Bertz CT molecular complexity index is 1550. The predicted molar refractivity (Wildman–Crippen MR) is 213 cm³/mol. The molecule has 8 amide bonds. The summed E-state index contributed by atoms with van der Waals surface area (Å²) in [7, 11) is 0. The molecule has 0 aliphatic heterocycles. The molecule has 60 heavy (non-hydrogen) atoms. The molecule has 0 fully saturated rings. The van der Waals surface area contributed by atoms with Gasteiger partial charge in [0, 0.05) is 13.1 Å². The fraction of sp³-hybridized carbons (Fsp3) is 0.667. The van der Waals surface area contributed by atoms with Gasteiger partial charge in [0.15, 0.2) is 11.9 Å². The van der Waals surface area contributed by atoms with Crippen molar-refractivity contribution >= 4 is 65.1 Å². The number of amides is 8. The molecule has 0 radical (unpaired) electrons. The number of carboxylic acids is 1. The van der Waals surface area contributed by atoms with Crippen LogP contribution in [0.2, 0.25) is 0 Å². The normalized spacial score (nSPS) is 14.7. The van der Waals surface area contributed by atoms with E-state index < -0.39 is 128 Å². The summed E-state index contributed by atoms with van der Waals surface area (Å²) in [4.78, 5) is 122. The van der Waals surface area contributed by atoms with Crippen LogP contribution in [0.4, 0.5) is 0 Å². The lowest BCUT2D eigenvalue weighted by Crippen LogP contribution is -2.60. The predicted octanol–water partition coefficient (Wildman–Crippen LogP) is -8.54. The summed E-state index contributed by atoms with van der Waals surface area (Å²) in [5, 5.41) is 45.5. The van der Waals surface area contributed by atoms with E-state index in [-0.39, 0.29) is 50.7 Å². The van der Waals surface area contributed by atoms with Gasteiger partial charge in [-0.15, -0.1) is 0 Å². The molecule has 340 valence electrons. The summed E-state index contributed by atoms with van der Waals surface area (Å²) < 4.78 is 0. The van der Waals surface area contributed by atoms with Gasteiger partial charge in [0.2, 0.25) is 47.3 Å². The number of hydrogen-bond donors (Lipinski definition) is 16. The number of aliphatic imine (C=N–C) groups is 2. The van der Waals surface area contributed by atoms with Gasteiger partial charge >= 0.3 is 5.97 Å². The van der Waals surface area contributed by atoms with Gasteiger partial charge in [0.25, 0.3) is 0 Å². The van der Waals surface area contributed by atoms with Crippen molar-refractivity contribution in [2.45, 2.75) is 102 Å². The Morgan fingerprint density at radius 2 is 1.07 bits per heavy atom. The van der Waals surface area contributed by atoms with Crippen molar-refractivity contribution in [2.75, 3.05) is 32.8 Å². The summed E-state index contributed by atoms with van der Waals surface area (Å²) in [6.07, 6.45) is -1.90. The van der Waals surface area contributed by atoms with E-state index in [0.717, 1.165) is 0 Å². The highest BCUT2D eigenvalue weighted by molar-refractivity contribution is 5.98. The largest absolute Gasteiger partial charge is 0.480 e. The summed E-state index contributed by atoms with van der Waals surface area (Å²) >= 11 is 0. The number of carboxylic acid groups (broad SMARTS) is 1. The second-order valence-corrected chi connectivity index (χ2v) is 13.5. The van der Waals surface area contributed by atoms with Crippen molar-refractivity contribution in [3.8, 4) is 0 Å². The molecule has 27 nitrogen and oxygen atoms in total. The Morgan fingerprint density at radius 1 is 0.617 bits per heavy atom. The van der Waals surface area contributed by atoms with Crippen LogP contribution in [-0.4, -0.2) is 156 Å². The molecule has 0 aliphatic rings. The van der Waals surface area contributed by atoms with Gasteiger partial charge < -0.3 is 86.9 Å². The molecule has 0 saturated carbocycles. The smallest absolute Gasteiger partial charge is 0.326 e. The maximum Gasteiger partial charge on any atom is 0.326 e. The fourth-order valence-electron chi connectivity index (χ4n) is 5.07. The standard InChI is InChI=1S/C33H61N15O12/c1-4-15(2)24(31(59)60)47-29(57)20(14-49)46-28(56)19(11-21(35)51)45-26(54)17(7-5-9-40-32(36)37)44-23(53)13-42-30(58)25(16(3)50)48-27(55)18(43-22(52)12-34)8-6-10-41-33(38)39/h15-20,24-25,49-50H,4-14,34H2,1-3H3,(H2,35,51)(H,42,58)(H,43,52)(H,44,53)(H,45,54)(H,46,56)(H,47,57)(H,48,55)(H,59,60)(H4,36,37,40)(H4,38,39,41)/t15-,16+,17-,18-,19-,20-,24-,25-/m0/s1. The Morgan fingerprint density at radius 3 is 1.50 bits per heavy atom. The van der Waals surface area contributed by atoms with Gasteiger partial charge in [0.05, 0.1) is 32.2 Å². The monoisotopic (exact) mass is 859 g/mol. The first-order valence-electron chi connectivity index (χ1n) is 18.8. The van der Waals surface area contributed by atoms with Gasteiger partial charge in [-0.05, 0) is 38.5 Å². The van der Waals surface area contributed by atoms with E-state index in [1.165, 1.54) is 6.92 Å². The zero-order chi connectivity index (χ0) is 46.1. The van der Waals surface area contributed by atoms with E-state index in [2.05, 4.69) is 47.2 Å². The first kappa shape index (κ1) is 53.6. The Kier molecular flexibility index (Phi) is 25.2. The molecule has 0 aliphatic carbocycles. The molecule has 0 spiro atoms. The molecule has 0 aromatic carbocycles. The SMILES string of the molecule is CC[C@H](C)[C@H](NC(=O)[C@H](CO)NC(=O)[C@H](CC(N)=O)NC(=O)[C@H](CCCN=C(N)N)NC(=O)CNC(=O)[C@@H](NC(=O)[C@H](CCCN=C(N)N)NC(=O)CN)[C@@H](C)O)C(=O)O. The van der Waals surface area contributed by atoms with E-state index in [0.29, 0.717) is 6.42 Å². The molecule has 0 unspecified atom stereocenters. The van der Waals surface area contributed by atoms with Crippen molar-refractivity contribution in [3.05, 3.63) is 0 Å². The van der Waals surface area contributed by atoms with E-state index in [1.807, 2.05) is 0 Å². The lowest BCUT2D eigenvalue weighted by molar-refractivity contribution is -0.144. The number of carbonyl (C=O) groups is 9. The minimum atomic E-state index is -1.78. The van der Waals surface area contributed by atoms with Gasteiger partial charge in [-0.2, -0.15) is 0 Å². The van der Waals surface area contributed by atoms with E-state index in [4.69, 9.17) is 34.4 Å². The molecule has 0 aromatic heterocycles. The van der Waals surface area contributed by atoms with Crippen LogP contribution in [0.5, 0.6) is 0 Å². The number of nitrogens with two attached hydrogens (primary N) is 6. The van der Waals surface area contributed by atoms with Crippen LogP contribution >= 0.6 is 0 Å². The maximum atomic E-state index is 13.5. The first-order valence-corrected chi connectivity index (χ1v) is 18.8. The lowest BCUT2D eigenvalue weighted by Gasteiger charge is -2.26. The second kappa shape index (κ2) is 28.1. The Balaban J connectivity index is 6.04. The number of aliphatic carboxylic acids is 1. The van der Waals surface area contributed by atoms with Crippen molar-refractivity contribution in [1.29, 1.82) is 0 Å². The third kappa shape index (κ3) is 21.4. The zero-order valence-electron chi connectivity index (χ0n) is 33.8. The molecule has 0 bridgehead atoms. The third-order valence-corrected chi connectivity index (χ3v) is 8.50. The molecule has 8 atom stereocenters. The van der Waals surface area contributed by atoms with E-state index >= 15 is 0 Å². The number of rotatable bonds is 29. The van der Waals surface area contributed by atoms with Crippen LogP contribution in [0, 0.1) is 5.92 Å². The summed E-state index contributed by atoms with van der Waals surface area (Å²) in [5.41, 5.74) is 31.9. The number of hydrogen-bond acceptors (Lipinski definition) is 14. The summed E-state index contributed by atoms with van der Waals surface area (Å²) in [6, 6.07) is -9.25. The van der Waals surface area contributed by atoms with Crippen molar-refractivity contribution in [1.82, 2.24) is 37.2 Å². The van der Waals surface area contributed by atoms with Gasteiger partial charge in [0.1, 0.15) is 36.3 Å². The van der Waals surface area contributed by atoms with Crippen molar-refractivity contribution in [3.63, 3.8) is 0 Å². The number of primary amides is 1. The molecular weight excluding hydrogens is 798 g/mol. The van der Waals surface area contributed by atoms with Crippen molar-refractivity contribution in [2.24, 2.45) is 50.3 Å². The average molecular weight is 860 g/mol. The third-order valence-electron chi connectivity index (χ3n) is 8.50. The zero-order valence-corrected chi connectivity index (χ0v) is 33.8. The maximum absolute atomic E-state index is 13.5. The topological polar surface area (TPSA) is 479 Å². The number of carbonyl (C=O) groups excluding carboxylic acids is 8. The van der Waals surface area contributed by atoms with Crippen LogP contribution in [0.25, 0.3) is 0 Å². The Hall–Kier alpha value is -6.35. The minimum absolute atomic E-state index is 0.00243. The lowest BCUT2D eigenvalue weighted by atomic mass is 9.99. The average Bonchev–Trinajstić information content (AvgIpc) is 3.17. The first-order chi connectivity index (χ1) is 28.1. The molecule has 22 N–H and O–H groups in total. The number of guanidine groups is 2. The Labute approximate surface area is 345 Å². The molecule has 0 heterocycles.